The van der Waals surface area contributed by atoms with E-state index in [-0.39, 0.29) is 24.1 Å². The standard InChI is InChI=1S/C20H32N4O3/c1-14(2)24-12-17(18(13-24)27-5)22-20(26)21-16-9-7-6-8-15(16)10-11-19(25)23(3)4/h6-9,14,17-18H,10-13H2,1-5H3,(H2,21,22,26)/t17-,18-/m0/s1. The summed E-state index contributed by atoms with van der Waals surface area (Å²) in [7, 11) is 5.17. The number of rotatable bonds is 7. The lowest BCUT2D eigenvalue weighted by atomic mass is 10.1. The third-order valence-corrected chi connectivity index (χ3v) is 5.02. The lowest BCUT2D eigenvalue weighted by Crippen LogP contribution is -2.45. The maximum Gasteiger partial charge on any atom is 0.319 e. The number of benzene rings is 1. The van der Waals surface area contributed by atoms with Crippen LogP contribution in [0, 0.1) is 0 Å². The molecule has 0 aromatic heterocycles. The molecule has 1 aliphatic heterocycles. The van der Waals surface area contributed by atoms with E-state index in [9.17, 15) is 9.59 Å². The molecule has 0 spiro atoms. The van der Waals surface area contributed by atoms with Gasteiger partial charge in [-0.1, -0.05) is 18.2 Å². The maximum absolute atomic E-state index is 12.5. The van der Waals surface area contributed by atoms with Gasteiger partial charge in [0.25, 0.3) is 0 Å². The van der Waals surface area contributed by atoms with Gasteiger partial charge in [0.15, 0.2) is 0 Å². The van der Waals surface area contributed by atoms with Gasteiger partial charge >= 0.3 is 6.03 Å². The maximum atomic E-state index is 12.5. The molecule has 7 nitrogen and oxygen atoms in total. The summed E-state index contributed by atoms with van der Waals surface area (Å²) in [5.74, 6) is 0.0666. The summed E-state index contributed by atoms with van der Waals surface area (Å²) in [6.45, 7) is 5.85. The summed E-state index contributed by atoms with van der Waals surface area (Å²) in [6.07, 6.45) is 0.968. The molecule has 27 heavy (non-hydrogen) atoms. The number of carbonyl (C=O) groups is 2. The van der Waals surface area contributed by atoms with E-state index >= 15 is 0 Å². The van der Waals surface area contributed by atoms with E-state index in [4.69, 9.17) is 4.74 Å². The van der Waals surface area contributed by atoms with E-state index in [1.54, 1.807) is 26.1 Å². The van der Waals surface area contributed by atoms with Gasteiger partial charge in [-0.25, -0.2) is 4.79 Å². The van der Waals surface area contributed by atoms with E-state index in [0.29, 0.717) is 18.9 Å². The van der Waals surface area contributed by atoms with Crippen LogP contribution >= 0.6 is 0 Å². The molecular formula is C20H32N4O3. The van der Waals surface area contributed by atoms with Crippen molar-refractivity contribution in [1.82, 2.24) is 15.1 Å². The van der Waals surface area contributed by atoms with E-state index in [0.717, 1.165) is 24.3 Å². The Morgan fingerprint density at radius 2 is 1.96 bits per heavy atom. The number of hydrogen-bond donors (Lipinski definition) is 2. The van der Waals surface area contributed by atoms with Gasteiger partial charge in [0, 0.05) is 52.4 Å². The normalized spacial score (nSPS) is 19.9. The van der Waals surface area contributed by atoms with Crippen LogP contribution in [0.1, 0.15) is 25.8 Å². The molecule has 0 unspecified atom stereocenters. The second kappa shape index (κ2) is 9.71. The van der Waals surface area contributed by atoms with E-state index < -0.39 is 0 Å². The van der Waals surface area contributed by atoms with E-state index in [1.807, 2.05) is 24.3 Å². The first kappa shape index (κ1) is 21.2. The topological polar surface area (TPSA) is 73.9 Å². The highest BCUT2D eigenvalue weighted by Crippen LogP contribution is 2.19. The number of methoxy groups -OCH3 is 1. The van der Waals surface area contributed by atoms with Crippen LogP contribution < -0.4 is 10.6 Å². The predicted octanol–water partition coefficient (Wildman–Crippen LogP) is 1.94. The third kappa shape index (κ3) is 5.94. The van der Waals surface area contributed by atoms with Crippen LogP contribution in [0.4, 0.5) is 10.5 Å². The fourth-order valence-corrected chi connectivity index (χ4v) is 3.25. The minimum Gasteiger partial charge on any atom is -0.378 e. The molecule has 0 aliphatic carbocycles. The number of likely N-dealkylation sites (tertiary alicyclic amines) is 1. The average Bonchev–Trinajstić information content (AvgIpc) is 3.03. The van der Waals surface area contributed by atoms with Crippen LogP contribution in [-0.4, -0.2) is 74.2 Å². The largest absolute Gasteiger partial charge is 0.378 e. The summed E-state index contributed by atoms with van der Waals surface area (Å²) in [5.41, 5.74) is 1.68. The third-order valence-electron chi connectivity index (χ3n) is 5.02. The highest BCUT2D eigenvalue weighted by molar-refractivity contribution is 5.90. The van der Waals surface area contributed by atoms with Crippen molar-refractivity contribution in [2.75, 3.05) is 39.6 Å². The zero-order valence-corrected chi connectivity index (χ0v) is 17.0. The zero-order valence-electron chi connectivity index (χ0n) is 17.0. The first-order chi connectivity index (χ1) is 12.8. The van der Waals surface area contributed by atoms with Crippen molar-refractivity contribution in [2.24, 2.45) is 0 Å². The number of anilines is 1. The van der Waals surface area contributed by atoms with Crippen molar-refractivity contribution in [3.8, 4) is 0 Å². The van der Waals surface area contributed by atoms with Crippen LogP contribution in [0.25, 0.3) is 0 Å². The molecule has 2 atom stereocenters. The lowest BCUT2D eigenvalue weighted by Gasteiger charge is -2.20. The molecule has 3 amide bonds. The Kier molecular flexibility index (Phi) is 7.62. The van der Waals surface area contributed by atoms with Crippen molar-refractivity contribution in [2.45, 2.75) is 44.9 Å². The number of nitrogens with one attached hydrogen (secondary N) is 2. The van der Waals surface area contributed by atoms with Crippen LogP contribution in [0.3, 0.4) is 0 Å². The number of carbonyl (C=O) groups excluding carboxylic acids is 2. The average molecular weight is 377 g/mol. The number of para-hydroxylation sites is 1. The molecule has 7 heteroatoms. The van der Waals surface area contributed by atoms with Gasteiger partial charge in [-0.15, -0.1) is 0 Å². The van der Waals surface area contributed by atoms with Crippen molar-refractivity contribution in [3.63, 3.8) is 0 Å². The number of urea groups is 1. The number of hydrogen-bond acceptors (Lipinski definition) is 4. The fraction of sp³-hybridized carbons (Fsp3) is 0.600. The molecule has 0 saturated carbocycles. The highest BCUT2D eigenvalue weighted by atomic mass is 16.5. The Balaban J connectivity index is 1.96. The molecule has 1 heterocycles. The molecular weight excluding hydrogens is 344 g/mol. The second-order valence-electron chi connectivity index (χ2n) is 7.47. The van der Waals surface area contributed by atoms with Gasteiger partial charge in [0.05, 0.1) is 12.1 Å². The van der Waals surface area contributed by atoms with Gasteiger partial charge in [0.1, 0.15) is 0 Å². The molecule has 1 saturated heterocycles. The summed E-state index contributed by atoms with van der Waals surface area (Å²) in [5, 5.41) is 5.96. The number of amides is 3. The molecule has 0 bridgehead atoms. The van der Waals surface area contributed by atoms with Crippen molar-refractivity contribution >= 4 is 17.6 Å². The molecule has 1 aromatic carbocycles. The van der Waals surface area contributed by atoms with Gasteiger partial charge in [0.2, 0.25) is 5.91 Å². The van der Waals surface area contributed by atoms with Crippen LogP contribution in [0.2, 0.25) is 0 Å². The van der Waals surface area contributed by atoms with E-state index in [1.165, 1.54) is 0 Å². The van der Waals surface area contributed by atoms with Crippen LogP contribution in [0.15, 0.2) is 24.3 Å². The van der Waals surface area contributed by atoms with Crippen LogP contribution in [-0.2, 0) is 16.0 Å². The molecule has 1 aromatic rings. The summed E-state index contributed by atoms with van der Waals surface area (Å²) in [6, 6.07) is 7.69. The second-order valence-corrected chi connectivity index (χ2v) is 7.47. The first-order valence-electron chi connectivity index (χ1n) is 9.44. The van der Waals surface area contributed by atoms with Gasteiger partial charge in [-0.3, -0.25) is 9.69 Å². The fourth-order valence-electron chi connectivity index (χ4n) is 3.25. The number of aryl methyl sites for hydroxylation is 1. The summed E-state index contributed by atoms with van der Waals surface area (Å²) < 4.78 is 5.54. The highest BCUT2D eigenvalue weighted by Gasteiger charge is 2.35. The van der Waals surface area contributed by atoms with Gasteiger partial charge < -0.3 is 20.3 Å². The Labute approximate surface area is 162 Å². The molecule has 0 radical (unpaired) electrons. The minimum absolute atomic E-state index is 0.0221. The SMILES string of the molecule is CO[C@H]1CN(C(C)C)C[C@@H]1NC(=O)Nc1ccccc1CCC(=O)N(C)C. The monoisotopic (exact) mass is 376 g/mol. The first-order valence-corrected chi connectivity index (χ1v) is 9.44. The Bertz CT molecular complexity index is 648. The smallest absolute Gasteiger partial charge is 0.319 e. The summed E-state index contributed by atoms with van der Waals surface area (Å²) >= 11 is 0. The van der Waals surface area contributed by atoms with Crippen LogP contribution in [0.5, 0.6) is 0 Å². The molecule has 2 rings (SSSR count). The molecule has 150 valence electrons. The van der Waals surface area contributed by atoms with Gasteiger partial charge in [-0.05, 0) is 31.9 Å². The Morgan fingerprint density at radius 3 is 2.59 bits per heavy atom. The quantitative estimate of drug-likeness (QED) is 0.763. The molecule has 1 aliphatic rings. The zero-order chi connectivity index (χ0) is 20.0. The molecule has 2 N–H and O–H groups in total. The molecule has 1 fully saturated rings. The minimum atomic E-state index is -0.251. The van der Waals surface area contributed by atoms with Gasteiger partial charge in [-0.2, -0.15) is 0 Å². The summed E-state index contributed by atoms with van der Waals surface area (Å²) in [4.78, 5) is 28.2. The predicted molar refractivity (Wildman–Crippen MR) is 107 cm³/mol. The number of ether oxygens (including phenoxy) is 1. The lowest BCUT2D eigenvalue weighted by molar-refractivity contribution is -0.128. The number of nitrogens with zero attached hydrogens (tertiary/aromatic N) is 2. The van der Waals surface area contributed by atoms with Crippen molar-refractivity contribution in [3.05, 3.63) is 29.8 Å². The Hall–Kier alpha value is -2.12. The van der Waals surface area contributed by atoms with Crippen molar-refractivity contribution < 1.29 is 14.3 Å². The van der Waals surface area contributed by atoms with E-state index in [2.05, 4.69) is 29.4 Å². The van der Waals surface area contributed by atoms with Crippen molar-refractivity contribution in [1.29, 1.82) is 0 Å². The Morgan fingerprint density at radius 1 is 1.26 bits per heavy atom.